The third-order valence-corrected chi connectivity index (χ3v) is 1.30. The molecule has 0 aliphatic rings. The zero-order valence-corrected chi connectivity index (χ0v) is 8.13. The summed E-state index contributed by atoms with van der Waals surface area (Å²) in [6, 6.07) is 1.55. The lowest BCUT2D eigenvalue weighted by atomic mass is 10.5. The van der Waals surface area contributed by atoms with Gasteiger partial charge in [0.25, 0.3) is 0 Å². The average Bonchev–Trinajstić information content (AvgIpc) is 1.99. The number of nitrogen functional groups attached to an aromatic ring is 1. The minimum Gasteiger partial charge on any atom is -0.368 e. The summed E-state index contributed by atoms with van der Waals surface area (Å²) >= 11 is 5.65. The number of hydrazone groups is 1. The fourth-order valence-electron chi connectivity index (χ4n) is 0.662. The van der Waals surface area contributed by atoms with Crippen LogP contribution in [0.15, 0.2) is 11.2 Å². The quantitative estimate of drug-likeness (QED) is 0.430. The number of nitrogens with zero attached hydrogens (tertiary/aromatic N) is 3. The Hall–Kier alpha value is -1.36. The smallest absolute Gasteiger partial charge is 0.223 e. The molecule has 0 fully saturated rings. The van der Waals surface area contributed by atoms with E-state index in [2.05, 4.69) is 20.5 Å². The van der Waals surface area contributed by atoms with Crippen molar-refractivity contribution < 1.29 is 0 Å². The lowest BCUT2D eigenvalue weighted by Gasteiger charge is -2.00. The van der Waals surface area contributed by atoms with Gasteiger partial charge in [0.2, 0.25) is 5.95 Å². The summed E-state index contributed by atoms with van der Waals surface area (Å²) < 4.78 is 0. The highest BCUT2D eigenvalue weighted by molar-refractivity contribution is 6.29. The number of hydrogen-bond acceptors (Lipinski definition) is 5. The van der Waals surface area contributed by atoms with Gasteiger partial charge < -0.3 is 5.73 Å². The van der Waals surface area contributed by atoms with Crippen molar-refractivity contribution in [3.8, 4) is 0 Å². The first-order chi connectivity index (χ1) is 6.08. The van der Waals surface area contributed by atoms with Gasteiger partial charge >= 0.3 is 0 Å². The summed E-state index contributed by atoms with van der Waals surface area (Å²) in [7, 11) is 0. The van der Waals surface area contributed by atoms with Gasteiger partial charge in [-0.3, -0.25) is 5.43 Å². The van der Waals surface area contributed by atoms with Crippen LogP contribution in [-0.2, 0) is 0 Å². The molecule has 0 radical (unpaired) electrons. The molecule has 1 rings (SSSR count). The minimum atomic E-state index is 0.124. The second-order valence-corrected chi connectivity index (χ2v) is 2.99. The number of hydrogen-bond donors (Lipinski definition) is 2. The van der Waals surface area contributed by atoms with Crippen LogP contribution in [0.2, 0.25) is 5.15 Å². The van der Waals surface area contributed by atoms with E-state index in [4.69, 9.17) is 17.3 Å². The molecular weight excluding hydrogens is 190 g/mol. The molecule has 0 aliphatic heterocycles. The average molecular weight is 200 g/mol. The molecule has 3 N–H and O–H groups in total. The van der Waals surface area contributed by atoms with E-state index in [0.717, 1.165) is 5.71 Å². The maximum absolute atomic E-state index is 5.65. The fraction of sp³-hybridized carbons (Fsp3) is 0.286. The first kappa shape index (κ1) is 9.73. The van der Waals surface area contributed by atoms with E-state index >= 15 is 0 Å². The van der Waals surface area contributed by atoms with Crippen LogP contribution in [-0.4, -0.2) is 15.7 Å². The zero-order chi connectivity index (χ0) is 9.84. The Morgan fingerprint density at radius 3 is 2.77 bits per heavy atom. The Labute approximate surface area is 81.0 Å². The van der Waals surface area contributed by atoms with Crippen molar-refractivity contribution >= 4 is 29.1 Å². The molecule has 0 aliphatic carbocycles. The Bertz CT molecular complexity index is 311. The van der Waals surface area contributed by atoms with Crippen LogP contribution in [0.4, 0.5) is 11.8 Å². The maximum atomic E-state index is 5.65. The number of halogens is 1. The van der Waals surface area contributed by atoms with Crippen LogP contribution in [0.1, 0.15) is 13.8 Å². The van der Waals surface area contributed by atoms with Gasteiger partial charge in [-0.05, 0) is 13.8 Å². The van der Waals surface area contributed by atoms with Crippen molar-refractivity contribution in [1.29, 1.82) is 0 Å². The van der Waals surface area contributed by atoms with E-state index in [9.17, 15) is 0 Å². The molecule has 0 atom stereocenters. The number of anilines is 2. The number of aromatic nitrogens is 2. The molecule has 0 saturated heterocycles. The second kappa shape index (κ2) is 4.04. The van der Waals surface area contributed by atoms with Crippen molar-refractivity contribution in [1.82, 2.24) is 9.97 Å². The summed E-state index contributed by atoms with van der Waals surface area (Å²) in [6.45, 7) is 3.72. The SMILES string of the molecule is CC(C)=NNc1cc(Cl)nc(N)n1. The van der Waals surface area contributed by atoms with Crippen LogP contribution >= 0.6 is 11.6 Å². The first-order valence-electron chi connectivity index (χ1n) is 3.65. The van der Waals surface area contributed by atoms with Crippen LogP contribution in [0, 0.1) is 0 Å². The van der Waals surface area contributed by atoms with Gasteiger partial charge in [-0.2, -0.15) is 10.1 Å². The number of nitrogens with one attached hydrogen (secondary N) is 1. The van der Waals surface area contributed by atoms with Crippen molar-refractivity contribution in [3.63, 3.8) is 0 Å². The van der Waals surface area contributed by atoms with Crippen molar-refractivity contribution in [3.05, 3.63) is 11.2 Å². The lowest BCUT2D eigenvalue weighted by molar-refractivity contribution is 1.15. The van der Waals surface area contributed by atoms with E-state index in [1.165, 1.54) is 0 Å². The molecule has 0 spiro atoms. The Morgan fingerprint density at radius 1 is 1.54 bits per heavy atom. The second-order valence-electron chi connectivity index (χ2n) is 2.60. The lowest BCUT2D eigenvalue weighted by Crippen LogP contribution is -2.00. The summed E-state index contributed by atoms with van der Waals surface area (Å²) in [4.78, 5) is 7.58. The normalized spacial score (nSPS) is 9.46. The molecule has 6 heteroatoms. The van der Waals surface area contributed by atoms with Crippen molar-refractivity contribution in [2.75, 3.05) is 11.2 Å². The molecule has 0 saturated carbocycles. The number of nitrogens with two attached hydrogens (primary N) is 1. The summed E-state index contributed by atoms with van der Waals surface area (Å²) in [5.41, 5.74) is 8.95. The van der Waals surface area contributed by atoms with E-state index in [1.54, 1.807) is 6.07 Å². The zero-order valence-electron chi connectivity index (χ0n) is 7.37. The van der Waals surface area contributed by atoms with E-state index < -0.39 is 0 Å². The minimum absolute atomic E-state index is 0.124. The Kier molecular flexibility index (Phi) is 3.02. The molecule has 1 aromatic rings. The molecule has 13 heavy (non-hydrogen) atoms. The Balaban J connectivity index is 2.83. The molecule has 0 unspecified atom stereocenters. The molecule has 1 aromatic heterocycles. The summed E-state index contributed by atoms with van der Waals surface area (Å²) in [6.07, 6.45) is 0. The monoisotopic (exact) mass is 199 g/mol. The molecule has 70 valence electrons. The van der Waals surface area contributed by atoms with Gasteiger partial charge in [0.05, 0.1) is 0 Å². The largest absolute Gasteiger partial charge is 0.368 e. The molecule has 5 nitrogen and oxygen atoms in total. The van der Waals surface area contributed by atoms with Gasteiger partial charge in [-0.25, -0.2) is 4.98 Å². The van der Waals surface area contributed by atoms with Crippen LogP contribution < -0.4 is 11.2 Å². The van der Waals surface area contributed by atoms with Crippen molar-refractivity contribution in [2.45, 2.75) is 13.8 Å². The first-order valence-corrected chi connectivity index (χ1v) is 4.02. The highest BCUT2D eigenvalue weighted by Crippen LogP contribution is 2.11. The molecule has 0 bridgehead atoms. The third kappa shape index (κ3) is 3.25. The third-order valence-electron chi connectivity index (χ3n) is 1.11. The standard InChI is InChI=1S/C7H10ClN5/c1-4(2)12-13-6-3-5(8)10-7(9)11-6/h3H,1-2H3,(H3,9,10,11,13). The van der Waals surface area contributed by atoms with Crippen LogP contribution in [0.3, 0.4) is 0 Å². The van der Waals surface area contributed by atoms with E-state index in [1.807, 2.05) is 13.8 Å². The van der Waals surface area contributed by atoms with Crippen LogP contribution in [0.25, 0.3) is 0 Å². The molecule has 0 aromatic carbocycles. The van der Waals surface area contributed by atoms with Crippen LogP contribution in [0.5, 0.6) is 0 Å². The summed E-state index contributed by atoms with van der Waals surface area (Å²) in [5, 5.41) is 4.23. The predicted octanol–water partition coefficient (Wildman–Crippen LogP) is 1.52. The van der Waals surface area contributed by atoms with Crippen molar-refractivity contribution in [2.24, 2.45) is 5.10 Å². The molecular formula is C7H10ClN5. The topological polar surface area (TPSA) is 76.2 Å². The van der Waals surface area contributed by atoms with Gasteiger partial charge in [0.15, 0.2) is 5.82 Å². The number of rotatable bonds is 2. The highest BCUT2D eigenvalue weighted by atomic mass is 35.5. The predicted molar refractivity (Wildman–Crippen MR) is 53.9 cm³/mol. The highest BCUT2D eigenvalue weighted by Gasteiger charge is 1.98. The van der Waals surface area contributed by atoms with Gasteiger partial charge in [-0.1, -0.05) is 11.6 Å². The van der Waals surface area contributed by atoms with Gasteiger partial charge in [0.1, 0.15) is 5.15 Å². The fourth-order valence-corrected chi connectivity index (χ4v) is 0.852. The van der Waals surface area contributed by atoms with E-state index in [-0.39, 0.29) is 5.95 Å². The Morgan fingerprint density at radius 2 is 2.23 bits per heavy atom. The van der Waals surface area contributed by atoms with E-state index in [0.29, 0.717) is 11.0 Å². The van der Waals surface area contributed by atoms with Gasteiger partial charge in [-0.15, -0.1) is 0 Å². The molecule has 1 heterocycles. The maximum Gasteiger partial charge on any atom is 0.223 e. The molecule has 0 amide bonds. The van der Waals surface area contributed by atoms with Gasteiger partial charge in [0, 0.05) is 11.8 Å². The summed E-state index contributed by atoms with van der Waals surface area (Å²) in [5.74, 6) is 0.609.